The summed E-state index contributed by atoms with van der Waals surface area (Å²) in [5.41, 5.74) is 19.7. The van der Waals surface area contributed by atoms with E-state index in [-0.39, 0.29) is 0 Å². The van der Waals surface area contributed by atoms with Gasteiger partial charge in [0.05, 0.1) is 11.6 Å². The van der Waals surface area contributed by atoms with E-state index < -0.39 is 0 Å². The summed E-state index contributed by atoms with van der Waals surface area (Å²) in [5.74, 6) is 0.907. The maximum atomic E-state index is 2.63. The van der Waals surface area contributed by atoms with Gasteiger partial charge in [0.2, 0.25) is 0 Å². The Balaban J connectivity index is 1.26. The van der Waals surface area contributed by atoms with Crippen LogP contribution in [0.2, 0.25) is 0 Å². The molecule has 3 aliphatic carbocycles. The van der Waals surface area contributed by atoms with Gasteiger partial charge in [0.15, 0.2) is 0 Å². The molecular weight excluding hydrogens is 579 g/mol. The van der Waals surface area contributed by atoms with Crippen molar-refractivity contribution in [1.82, 2.24) is 4.57 Å². The van der Waals surface area contributed by atoms with E-state index in [1.165, 1.54) is 101 Å². The molecule has 0 amide bonds. The summed E-state index contributed by atoms with van der Waals surface area (Å²) in [4.78, 5) is 0. The van der Waals surface area contributed by atoms with E-state index in [0.29, 0.717) is 17.9 Å². The van der Waals surface area contributed by atoms with E-state index in [9.17, 15) is 0 Å². The molecule has 0 fully saturated rings. The first-order valence-electron chi connectivity index (χ1n) is 17.7. The van der Waals surface area contributed by atoms with Gasteiger partial charge >= 0.3 is 0 Å². The SMILES string of the molecule is C1=CC2c3ccc(-c4ccc5c6c4-c4cc(-c7ccccc7)ccc4C(CCCc4ccccc4-5)C6)c4c5ccccc5n(c34)C2C=C1. The molecular formula is C47H35N. The zero-order chi connectivity index (χ0) is 31.3. The van der Waals surface area contributed by atoms with E-state index in [0.717, 1.165) is 12.8 Å². The first kappa shape index (κ1) is 26.6. The van der Waals surface area contributed by atoms with Crippen LogP contribution in [0.4, 0.5) is 0 Å². The average Bonchev–Trinajstić information content (AvgIpc) is 3.69. The molecule has 0 saturated carbocycles. The third kappa shape index (κ3) is 3.62. The Bertz CT molecular complexity index is 2520. The highest BCUT2D eigenvalue weighted by atomic mass is 15.0. The first-order valence-corrected chi connectivity index (χ1v) is 17.7. The van der Waals surface area contributed by atoms with Crippen molar-refractivity contribution in [3.05, 3.63) is 168 Å². The van der Waals surface area contributed by atoms with Crippen LogP contribution in [0.3, 0.4) is 0 Å². The van der Waals surface area contributed by atoms with E-state index in [1.807, 2.05) is 0 Å². The lowest BCUT2D eigenvalue weighted by Crippen LogP contribution is -2.13. The molecule has 1 heteroatoms. The molecule has 1 aliphatic heterocycles. The van der Waals surface area contributed by atoms with Crippen LogP contribution in [0, 0.1) is 0 Å². The van der Waals surface area contributed by atoms with Crippen LogP contribution in [-0.4, -0.2) is 4.57 Å². The van der Waals surface area contributed by atoms with Crippen LogP contribution in [-0.2, 0) is 12.8 Å². The summed E-state index contributed by atoms with van der Waals surface area (Å²) in [6.45, 7) is 0. The number of rotatable bonds is 2. The molecule has 3 atom stereocenters. The average molecular weight is 614 g/mol. The van der Waals surface area contributed by atoms with Gasteiger partial charge in [-0.15, -0.1) is 0 Å². The maximum Gasteiger partial charge on any atom is 0.0630 e. The Kier molecular flexibility index (Phi) is 5.58. The molecule has 4 aliphatic rings. The standard InChI is InChI=1S/C47H35N/c1-2-11-29(12-3-1)31-21-22-34-32-15-10-14-30-13-4-5-16-33(30)35-23-24-37(45(41(34)27-31)42(35)28-32)38-25-26-39-36-17-6-8-19-43(36)48-44-20-9-7-18-40(44)46(38)47(39)48/h1-9,11-13,16-27,32,36,43H,10,14-15,28H2. The Morgan fingerprint density at radius 1 is 0.583 bits per heavy atom. The smallest absolute Gasteiger partial charge is 0.0630 e. The van der Waals surface area contributed by atoms with Crippen molar-refractivity contribution in [2.45, 2.75) is 43.6 Å². The molecule has 2 heterocycles. The van der Waals surface area contributed by atoms with Gasteiger partial charge in [0.25, 0.3) is 0 Å². The number of para-hydroxylation sites is 1. The van der Waals surface area contributed by atoms with Crippen molar-refractivity contribution in [3.63, 3.8) is 0 Å². The molecule has 0 radical (unpaired) electrons. The van der Waals surface area contributed by atoms with E-state index in [2.05, 4.69) is 150 Å². The number of benzene rings is 6. The van der Waals surface area contributed by atoms with Crippen molar-refractivity contribution < 1.29 is 0 Å². The monoisotopic (exact) mass is 613 g/mol. The minimum atomic E-state index is 0.326. The summed E-state index contributed by atoms with van der Waals surface area (Å²) in [6, 6.07) is 46.7. The molecule has 228 valence electrons. The van der Waals surface area contributed by atoms with Gasteiger partial charge in [-0.05, 0) is 110 Å². The fourth-order valence-electron chi connectivity index (χ4n) is 9.82. The minimum absolute atomic E-state index is 0.326. The third-order valence-corrected chi connectivity index (χ3v) is 11.9. The lowest BCUT2D eigenvalue weighted by atomic mass is 9.72. The van der Waals surface area contributed by atoms with Gasteiger partial charge in [-0.25, -0.2) is 0 Å². The molecule has 0 N–H and O–H groups in total. The Morgan fingerprint density at radius 2 is 1.38 bits per heavy atom. The van der Waals surface area contributed by atoms with E-state index in [1.54, 1.807) is 0 Å². The van der Waals surface area contributed by atoms with Crippen LogP contribution in [0.15, 0.2) is 146 Å². The lowest BCUT2D eigenvalue weighted by Gasteiger charge is -2.32. The quantitative estimate of drug-likeness (QED) is 0.183. The highest BCUT2D eigenvalue weighted by Gasteiger charge is 2.36. The molecule has 0 spiro atoms. The summed E-state index contributed by atoms with van der Waals surface area (Å²) in [5, 5.41) is 2.76. The second-order valence-electron chi connectivity index (χ2n) is 14.2. The number of hydrogen-bond donors (Lipinski definition) is 0. The molecule has 0 saturated heterocycles. The topological polar surface area (TPSA) is 4.93 Å². The van der Waals surface area contributed by atoms with Crippen molar-refractivity contribution in [3.8, 4) is 44.5 Å². The van der Waals surface area contributed by atoms with Gasteiger partial charge in [-0.3, -0.25) is 0 Å². The normalized spacial score (nSPS) is 19.8. The molecule has 1 nitrogen and oxygen atoms in total. The fourth-order valence-corrected chi connectivity index (χ4v) is 9.82. The summed E-state index contributed by atoms with van der Waals surface area (Å²) in [7, 11) is 0. The Morgan fingerprint density at radius 3 is 2.33 bits per heavy atom. The van der Waals surface area contributed by atoms with Crippen molar-refractivity contribution in [2.24, 2.45) is 0 Å². The Labute approximate surface area is 281 Å². The summed E-state index contributed by atoms with van der Waals surface area (Å²) < 4.78 is 2.63. The molecule has 2 bridgehead atoms. The van der Waals surface area contributed by atoms with Gasteiger partial charge in [0, 0.05) is 22.2 Å². The van der Waals surface area contributed by atoms with Gasteiger partial charge in [0.1, 0.15) is 0 Å². The number of hydrogen-bond acceptors (Lipinski definition) is 0. The van der Waals surface area contributed by atoms with Crippen LogP contribution in [0.1, 0.15) is 53.0 Å². The number of aryl methyl sites for hydroxylation is 1. The number of nitrogens with zero attached hydrogens (tertiary/aromatic N) is 1. The highest BCUT2D eigenvalue weighted by molar-refractivity contribution is 6.18. The number of allylic oxidation sites excluding steroid dienone is 4. The molecule has 6 aromatic carbocycles. The van der Waals surface area contributed by atoms with Crippen molar-refractivity contribution in [1.29, 1.82) is 0 Å². The second-order valence-corrected chi connectivity index (χ2v) is 14.2. The van der Waals surface area contributed by atoms with Crippen molar-refractivity contribution in [2.75, 3.05) is 0 Å². The minimum Gasteiger partial charge on any atom is -0.332 e. The lowest BCUT2D eigenvalue weighted by molar-refractivity contribution is 0.588. The number of fused-ring (bicyclic) bond motifs is 12. The largest absolute Gasteiger partial charge is 0.332 e. The fraction of sp³-hybridized carbons (Fsp3) is 0.149. The molecule has 3 unspecified atom stereocenters. The Hall–Kier alpha value is -5.40. The van der Waals surface area contributed by atoms with E-state index in [4.69, 9.17) is 0 Å². The highest BCUT2D eigenvalue weighted by Crippen LogP contribution is 2.55. The zero-order valence-electron chi connectivity index (χ0n) is 26.9. The molecule has 1 aromatic heterocycles. The second kappa shape index (κ2) is 10.1. The number of aromatic nitrogens is 1. The van der Waals surface area contributed by atoms with Crippen molar-refractivity contribution >= 4 is 21.8 Å². The first-order chi connectivity index (χ1) is 23.8. The van der Waals surface area contributed by atoms with Crippen LogP contribution in [0.5, 0.6) is 0 Å². The van der Waals surface area contributed by atoms with Gasteiger partial charge in [-0.1, -0.05) is 133 Å². The molecule has 48 heavy (non-hydrogen) atoms. The third-order valence-electron chi connectivity index (χ3n) is 11.9. The summed E-state index contributed by atoms with van der Waals surface area (Å²) in [6.07, 6.45) is 13.9. The summed E-state index contributed by atoms with van der Waals surface area (Å²) >= 11 is 0. The predicted octanol–water partition coefficient (Wildman–Crippen LogP) is 12.2. The van der Waals surface area contributed by atoms with Crippen LogP contribution < -0.4 is 0 Å². The van der Waals surface area contributed by atoms with Crippen LogP contribution in [0.25, 0.3) is 66.3 Å². The van der Waals surface area contributed by atoms with Gasteiger partial charge in [-0.2, -0.15) is 0 Å². The maximum absolute atomic E-state index is 2.63. The van der Waals surface area contributed by atoms with Gasteiger partial charge < -0.3 is 4.57 Å². The zero-order valence-corrected chi connectivity index (χ0v) is 26.9. The molecule has 11 rings (SSSR count). The molecule has 7 aromatic rings. The van der Waals surface area contributed by atoms with E-state index >= 15 is 0 Å². The predicted molar refractivity (Wildman–Crippen MR) is 201 cm³/mol. The van der Waals surface area contributed by atoms with Crippen LogP contribution >= 0.6 is 0 Å².